The van der Waals surface area contributed by atoms with E-state index in [1.54, 1.807) is 6.07 Å². The lowest BCUT2D eigenvalue weighted by Crippen LogP contribution is -2.40. The van der Waals surface area contributed by atoms with Crippen molar-refractivity contribution in [2.45, 2.75) is 64.2 Å². The molecule has 2 aliphatic heterocycles. The van der Waals surface area contributed by atoms with E-state index in [4.69, 9.17) is 26.8 Å². The van der Waals surface area contributed by atoms with Crippen molar-refractivity contribution in [1.29, 1.82) is 0 Å². The number of nitrogens with one attached hydrogen (secondary N) is 1. The first-order chi connectivity index (χ1) is 15.9. The van der Waals surface area contributed by atoms with E-state index in [1.807, 2.05) is 0 Å². The Hall–Kier alpha value is -1.99. The molecular weight excluding hydrogens is 442 g/mol. The van der Waals surface area contributed by atoms with Crippen LogP contribution in [0.1, 0.15) is 69.8 Å². The van der Waals surface area contributed by atoms with Crippen LogP contribution in [0.2, 0.25) is 5.02 Å². The van der Waals surface area contributed by atoms with Crippen LogP contribution >= 0.6 is 11.6 Å². The monoisotopic (exact) mass is 477 g/mol. The second kappa shape index (κ2) is 11.0. The number of halogens is 1. The minimum Gasteiger partial charge on any atom is -0.486 e. The number of likely N-dealkylation sites (tertiary alicyclic amines) is 1. The molecule has 1 aromatic carbocycles. The van der Waals surface area contributed by atoms with Crippen LogP contribution in [0.5, 0.6) is 11.5 Å². The van der Waals surface area contributed by atoms with Gasteiger partial charge in [-0.1, -0.05) is 43.7 Å². The van der Waals surface area contributed by atoms with E-state index in [2.05, 4.69) is 10.2 Å². The lowest BCUT2D eigenvalue weighted by atomic mass is 9.78. The summed E-state index contributed by atoms with van der Waals surface area (Å²) in [6, 6.07) is 1.71. The summed E-state index contributed by atoms with van der Waals surface area (Å²) in [5.41, 5.74) is 6.97. The first-order valence-electron chi connectivity index (χ1n) is 12.3. The predicted octanol–water partition coefficient (Wildman–Crippen LogP) is 4.32. The van der Waals surface area contributed by atoms with Crippen LogP contribution in [0.3, 0.4) is 0 Å². The molecule has 3 N–H and O–H groups in total. The van der Waals surface area contributed by atoms with Gasteiger partial charge in [-0.05, 0) is 56.8 Å². The first kappa shape index (κ1) is 24.1. The Morgan fingerprint density at radius 2 is 1.79 bits per heavy atom. The van der Waals surface area contributed by atoms with Gasteiger partial charge in [-0.3, -0.25) is 9.59 Å². The second-order valence-electron chi connectivity index (χ2n) is 9.71. The van der Waals surface area contributed by atoms with Gasteiger partial charge in [0, 0.05) is 12.5 Å². The molecule has 0 radical (unpaired) electrons. The number of nitrogens with two attached hydrogens (primary N) is 1. The molecule has 3 aliphatic rings. The fraction of sp³-hybridized carbons (Fsp3) is 0.680. The number of nitrogens with zero attached hydrogens (tertiary/aromatic N) is 1. The maximum Gasteiger partial charge on any atom is 0.225 e. The number of primary amides is 1. The Balaban J connectivity index is 1.48. The number of ether oxygens (including phenoxy) is 2. The van der Waals surface area contributed by atoms with E-state index < -0.39 is 5.92 Å². The van der Waals surface area contributed by atoms with Crippen molar-refractivity contribution in [1.82, 2.24) is 4.90 Å². The molecule has 2 fully saturated rings. The predicted molar refractivity (Wildman–Crippen MR) is 129 cm³/mol. The molecule has 1 aliphatic carbocycles. The average Bonchev–Trinajstić information content (AvgIpc) is 2.81. The second-order valence-corrected chi connectivity index (χ2v) is 10.1. The molecule has 1 saturated carbocycles. The highest BCUT2D eigenvalue weighted by molar-refractivity contribution is 6.34. The molecule has 0 spiro atoms. The van der Waals surface area contributed by atoms with Gasteiger partial charge in [0.05, 0.1) is 10.9 Å². The van der Waals surface area contributed by atoms with Crippen molar-refractivity contribution < 1.29 is 19.1 Å². The summed E-state index contributed by atoms with van der Waals surface area (Å²) in [4.78, 5) is 26.9. The normalized spacial score (nSPS) is 20.9. The minimum atomic E-state index is -0.509. The van der Waals surface area contributed by atoms with Crippen molar-refractivity contribution >= 4 is 29.1 Å². The third-order valence-corrected chi connectivity index (χ3v) is 7.72. The largest absolute Gasteiger partial charge is 0.486 e. The Morgan fingerprint density at radius 1 is 1.12 bits per heavy atom. The Kier molecular flexibility index (Phi) is 8.02. The molecule has 182 valence electrons. The third-order valence-electron chi connectivity index (χ3n) is 7.42. The zero-order chi connectivity index (χ0) is 23.4. The molecule has 33 heavy (non-hydrogen) atoms. The fourth-order valence-corrected chi connectivity index (χ4v) is 5.97. The van der Waals surface area contributed by atoms with E-state index >= 15 is 0 Å². The van der Waals surface area contributed by atoms with E-state index in [0.717, 1.165) is 38.4 Å². The maximum absolute atomic E-state index is 12.7. The molecule has 0 aromatic heterocycles. The van der Waals surface area contributed by atoms with Crippen molar-refractivity contribution in [3.8, 4) is 11.5 Å². The van der Waals surface area contributed by atoms with Crippen LogP contribution in [-0.2, 0) is 9.59 Å². The number of hydrogen-bond donors (Lipinski definition) is 2. The SMILES string of the molecule is CC(=O)Nc1c(Cl)cc(C(C(N)=O)C2CCN(CCC3CCCCC3)CC2)c2c1OCCO2. The number of carbonyl (C=O) groups is 2. The van der Waals surface area contributed by atoms with Crippen LogP contribution < -0.4 is 20.5 Å². The molecule has 4 rings (SSSR count). The Bertz CT molecular complexity index is 864. The van der Waals surface area contributed by atoms with E-state index in [-0.39, 0.29) is 17.7 Å². The zero-order valence-corrected chi connectivity index (χ0v) is 20.3. The number of benzene rings is 1. The third kappa shape index (κ3) is 5.75. The fourth-order valence-electron chi connectivity index (χ4n) is 5.72. The minimum absolute atomic E-state index is 0.116. The summed E-state index contributed by atoms with van der Waals surface area (Å²) in [5.74, 6) is 0.704. The summed E-state index contributed by atoms with van der Waals surface area (Å²) in [6.45, 7) is 5.21. The van der Waals surface area contributed by atoms with Gasteiger partial charge in [0.2, 0.25) is 11.8 Å². The molecule has 2 heterocycles. The molecule has 1 aromatic rings. The van der Waals surface area contributed by atoms with Crippen LogP contribution in [0.25, 0.3) is 0 Å². The van der Waals surface area contributed by atoms with Gasteiger partial charge in [0.15, 0.2) is 11.5 Å². The average molecular weight is 478 g/mol. The molecule has 8 heteroatoms. The van der Waals surface area contributed by atoms with Gasteiger partial charge in [-0.25, -0.2) is 0 Å². The lowest BCUT2D eigenvalue weighted by molar-refractivity contribution is -0.121. The van der Waals surface area contributed by atoms with Gasteiger partial charge in [-0.15, -0.1) is 0 Å². The zero-order valence-electron chi connectivity index (χ0n) is 19.5. The van der Waals surface area contributed by atoms with Crippen molar-refractivity contribution in [2.75, 3.05) is 38.2 Å². The molecular formula is C25H36ClN3O4. The van der Waals surface area contributed by atoms with Gasteiger partial charge < -0.3 is 25.4 Å². The van der Waals surface area contributed by atoms with E-state index in [1.165, 1.54) is 45.4 Å². The molecule has 2 amide bonds. The number of hydrogen-bond acceptors (Lipinski definition) is 5. The number of fused-ring (bicyclic) bond motifs is 1. The molecule has 1 unspecified atom stereocenters. The standard InChI is InChI=1S/C25H36ClN3O4/c1-16(30)28-22-20(26)15-19(23-24(22)33-14-13-32-23)21(25(27)31)18-8-11-29(12-9-18)10-7-17-5-3-2-4-6-17/h15,17-18,21H,2-14H2,1H3,(H2,27,31)(H,28,30). The summed E-state index contributed by atoms with van der Waals surface area (Å²) in [6.07, 6.45) is 10.00. The van der Waals surface area contributed by atoms with Crippen molar-refractivity contribution in [3.63, 3.8) is 0 Å². The number of piperidine rings is 1. The maximum atomic E-state index is 12.7. The lowest BCUT2D eigenvalue weighted by Gasteiger charge is -2.37. The van der Waals surface area contributed by atoms with Gasteiger partial charge in [-0.2, -0.15) is 0 Å². The topological polar surface area (TPSA) is 93.9 Å². The summed E-state index contributed by atoms with van der Waals surface area (Å²) >= 11 is 6.53. The smallest absolute Gasteiger partial charge is 0.225 e. The van der Waals surface area contributed by atoms with Gasteiger partial charge in [0.1, 0.15) is 18.9 Å². The summed E-state index contributed by atoms with van der Waals surface area (Å²) in [5, 5.41) is 3.04. The van der Waals surface area contributed by atoms with Crippen LogP contribution in [0, 0.1) is 11.8 Å². The summed E-state index contributed by atoms with van der Waals surface area (Å²) < 4.78 is 11.7. The number of anilines is 1. The van der Waals surface area contributed by atoms with Crippen LogP contribution in [0.15, 0.2) is 6.07 Å². The molecule has 1 atom stereocenters. The van der Waals surface area contributed by atoms with Gasteiger partial charge >= 0.3 is 0 Å². The van der Waals surface area contributed by atoms with Gasteiger partial charge in [0.25, 0.3) is 0 Å². The highest BCUT2D eigenvalue weighted by atomic mass is 35.5. The number of amides is 2. The van der Waals surface area contributed by atoms with Crippen molar-refractivity contribution in [2.24, 2.45) is 17.6 Å². The highest BCUT2D eigenvalue weighted by Crippen LogP contribution is 2.49. The Morgan fingerprint density at radius 3 is 2.42 bits per heavy atom. The number of rotatable bonds is 7. The van der Waals surface area contributed by atoms with E-state index in [0.29, 0.717) is 41.0 Å². The van der Waals surface area contributed by atoms with Crippen molar-refractivity contribution in [3.05, 3.63) is 16.7 Å². The molecule has 0 bridgehead atoms. The highest BCUT2D eigenvalue weighted by Gasteiger charge is 2.36. The quantitative estimate of drug-likeness (QED) is 0.609. The number of carbonyl (C=O) groups excluding carboxylic acids is 2. The Labute approximate surface area is 201 Å². The molecule has 1 saturated heterocycles. The van der Waals surface area contributed by atoms with Crippen LogP contribution in [-0.4, -0.2) is 49.6 Å². The molecule has 7 nitrogen and oxygen atoms in total. The summed E-state index contributed by atoms with van der Waals surface area (Å²) in [7, 11) is 0. The van der Waals surface area contributed by atoms with Crippen LogP contribution in [0.4, 0.5) is 5.69 Å². The van der Waals surface area contributed by atoms with E-state index in [9.17, 15) is 9.59 Å². The first-order valence-corrected chi connectivity index (χ1v) is 12.7.